The van der Waals surface area contributed by atoms with E-state index in [1.807, 2.05) is 54.9 Å². The quantitative estimate of drug-likeness (QED) is 0.528. The monoisotopic (exact) mass is 422 g/mol. The number of aryl methyl sites for hydroxylation is 2. The summed E-state index contributed by atoms with van der Waals surface area (Å²) in [7, 11) is 3.55. The van der Waals surface area contributed by atoms with Crippen LogP contribution in [0, 0.1) is 6.92 Å². The van der Waals surface area contributed by atoms with Crippen molar-refractivity contribution in [2.45, 2.75) is 44.9 Å². The van der Waals surface area contributed by atoms with E-state index >= 15 is 0 Å². The molecule has 0 aliphatic carbocycles. The molecule has 31 heavy (non-hydrogen) atoms. The van der Waals surface area contributed by atoms with E-state index in [4.69, 9.17) is 9.72 Å². The fourth-order valence-electron chi connectivity index (χ4n) is 4.28. The maximum Gasteiger partial charge on any atom is 0.251 e. The van der Waals surface area contributed by atoms with Gasteiger partial charge in [0.15, 0.2) is 0 Å². The van der Waals surface area contributed by atoms with Gasteiger partial charge in [0.05, 0.1) is 17.2 Å². The van der Waals surface area contributed by atoms with E-state index in [1.54, 1.807) is 7.05 Å². The highest BCUT2D eigenvalue weighted by atomic mass is 16.5. The number of rotatable bonds is 6. The van der Waals surface area contributed by atoms with Crippen LogP contribution in [0.25, 0.3) is 11.0 Å². The maximum absolute atomic E-state index is 12.9. The molecule has 0 fully saturated rings. The Hall–Kier alpha value is -2.90. The molecule has 7 heteroatoms. The number of hydrogen-bond donors (Lipinski definition) is 3. The van der Waals surface area contributed by atoms with E-state index < -0.39 is 12.2 Å². The molecule has 3 atom stereocenters. The molecule has 0 saturated carbocycles. The van der Waals surface area contributed by atoms with Crippen molar-refractivity contribution in [1.82, 2.24) is 14.9 Å². The average Bonchev–Trinajstić information content (AvgIpc) is 3.08. The number of unbranched alkanes of at least 4 members (excludes halogenated alkanes) is 1. The van der Waals surface area contributed by atoms with Gasteiger partial charge in [0, 0.05) is 31.8 Å². The van der Waals surface area contributed by atoms with Gasteiger partial charge in [-0.15, -0.1) is 0 Å². The molecule has 3 aromatic rings. The van der Waals surface area contributed by atoms with Crippen molar-refractivity contribution >= 4 is 22.6 Å². The van der Waals surface area contributed by atoms with Crippen LogP contribution in [0.1, 0.15) is 59.2 Å². The fourth-order valence-corrected chi connectivity index (χ4v) is 4.28. The van der Waals surface area contributed by atoms with E-state index in [2.05, 4.69) is 17.6 Å². The molecule has 2 heterocycles. The summed E-state index contributed by atoms with van der Waals surface area (Å²) in [6.45, 7) is 4.54. The second kappa shape index (κ2) is 8.69. The summed E-state index contributed by atoms with van der Waals surface area (Å²) < 4.78 is 8.20. The maximum atomic E-state index is 12.9. The smallest absolute Gasteiger partial charge is 0.251 e. The topological polar surface area (TPSA) is 88.4 Å². The highest BCUT2D eigenvalue weighted by Gasteiger charge is 2.41. The zero-order valence-corrected chi connectivity index (χ0v) is 18.5. The zero-order chi connectivity index (χ0) is 22.1. The molecule has 1 amide bonds. The van der Waals surface area contributed by atoms with Crippen LogP contribution in [0.3, 0.4) is 0 Å². The first-order valence-corrected chi connectivity index (χ1v) is 10.8. The van der Waals surface area contributed by atoms with Crippen molar-refractivity contribution in [3.8, 4) is 0 Å². The molecule has 0 bridgehead atoms. The van der Waals surface area contributed by atoms with Crippen LogP contribution in [0.4, 0.5) is 5.69 Å². The highest BCUT2D eigenvalue weighted by molar-refractivity contribution is 6.04. The molecule has 0 unspecified atom stereocenters. The first-order chi connectivity index (χ1) is 15.0. The number of anilines is 1. The molecule has 0 spiro atoms. The number of benzene rings is 2. The molecular weight excluding hydrogens is 392 g/mol. The standard InChI is InChI=1S/C24H30N4O3/c1-5-6-12-31-23-18-16(24(30)25-3)13-17-20(26-14(2)28(17)4)21(18)27-19(22(23)29)15-10-8-7-9-11-15/h7-11,13,19,22-23,27,29H,5-6,12H2,1-4H3,(H,25,30)/t19-,22-,23-/m1/s1. The van der Waals surface area contributed by atoms with Gasteiger partial charge in [0.1, 0.15) is 23.5 Å². The normalized spacial score (nSPS) is 20.4. The van der Waals surface area contributed by atoms with Gasteiger partial charge < -0.3 is 25.0 Å². The molecule has 3 N–H and O–H groups in total. The molecule has 1 aliphatic rings. The van der Waals surface area contributed by atoms with Crippen LogP contribution in [0.5, 0.6) is 0 Å². The predicted octanol–water partition coefficient (Wildman–Crippen LogP) is 3.63. The third-order valence-electron chi connectivity index (χ3n) is 6.10. The number of carbonyl (C=O) groups excluding carboxylic acids is 1. The largest absolute Gasteiger partial charge is 0.388 e. The minimum atomic E-state index is -0.863. The van der Waals surface area contributed by atoms with Gasteiger partial charge in [-0.05, 0) is 25.0 Å². The van der Waals surface area contributed by atoms with Gasteiger partial charge in [-0.2, -0.15) is 0 Å². The number of imidazole rings is 1. The number of aromatic nitrogens is 2. The summed E-state index contributed by atoms with van der Waals surface area (Å²) in [6.07, 6.45) is 0.350. The molecule has 1 aromatic heterocycles. The Morgan fingerprint density at radius 3 is 2.74 bits per heavy atom. The third-order valence-corrected chi connectivity index (χ3v) is 6.10. The number of amides is 1. The number of hydrogen-bond acceptors (Lipinski definition) is 5. The van der Waals surface area contributed by atoms with Gasteiger partial charge >= 0.3 is 0 Å². The number of aliphatic hydroxyl groups is 1. The van der Waals surface area contributed by atoms with Gasteiger partial charge in [-0.1, -0.05) is 43.7 Å². The third kappa shape index (κ3) is 3.68. The summed E-state index contributed by atoms with van der Waals surface area (Å²) >= 11 is 0. The van der Waals surface area contributed by atoms with Gasteiger partial charge in [-0.25, -0.2) is 4.98 Å². The lowest BCUT2D eigenvalue weighted by atomic mass is 9.85. The molecule has 0 saturated heterocycles. The van der Waals surface area contributed by atoms with Crippen LogP contribution in [0.2, 0.25) is 0 Å². The lowest BCUT2D eigenvalue weighted by Crippen LogP contribution is -2.39. The van der Waals surface area contributed by atoms with Crippen LogP contribution in [-0.4, -0.2) is 40.3 Å². The second-order valence-electron chi connectivity index (χ2n) is 8.05. The summed E-state index contributed by atoms with van der Waals surface area (Å²) in [4.78, 5) is 17.6. The Morgan fingerprint density at radius 1 is 1.32 bits per heavy atom. The summed E-state index contributed by atoms with van der Waals surface area (Å²) in [5.41, 5.74) is 4.50. The first kappa shape index (κ1) is 21.3. The number of carbonyl (C=O) groups is 1. The summed E-state index contributed by atoms with van der Waals surface area (Å²) in [6, 6.07) is 11.3. The van der Waals surface area contributed by atoms with E-state index in [0.29, 0.717) is 17.7 Å². The van der Waals surface area contributed by atoms with E-state index in [-0.39, 0.29) is 11.9 Å². The second-order valence-corrected chi connectivity index (χ2v) is 8.05. The number of ether oxygens (including phenoxy) is 1. The van der Waals surface area contributed by atoms with Gasteiger partial charge in [0.2, 0.25) is 0 Å². The van der Waals surface area contributed by atoms with Crippen molar-refractivity contribution in [2.24, 2.45) is 7.05 Å². The highest BCUT2D eigenvalue weighted by Crippen LogP contribution is 2.46. The molecule has 7 nitrogen and oxygen atoms in total. The van der Waals surface area contributed by atoms with Crippen molar-refractivity contribution in [2.75, 3.05) is 19.0 Å². The average molecular weight is 423 g/mol. The van der Waals surface area contributed by atoms with Crippen molar-refractivity contribution in [3.63, 3.8) is 0 Å². The number of aliphatic hydroxyl groups excluding tert-OH is 1. The Balaban J connectivity index is 1.96. The van der Waals surface area contributed by atoms with E-state index in [9.17, 15) is 9.90 Å². The lowest BCUT2D eigenvalue weighted by Gasteiger charge is -2.39. The molecule has 1 aliphatic heterocycles. The number of nitrogens with zero attached hydrogens (tertiary/aromatic N) is 2. The van der Waals surface area contributed by atoms with Gasteiger partial charge in [-0.3, -0.25) is 4.79 Å². The molecule has 164 valence electrons. The van der Waals surface area contributed by atoms with Gasteiger partial charge in [0.25, 0.3) is 5.91 Å². The van der Waals surface area contributed by atoms with Crippen LogP contribution >= 0.6 is 0 Å². The first-order valence-electron chi connectivity index (χ1n) is 10.8. The predicted molar refractivity (Wildman–Crippen MR) is 121 cm³/mol. The van der Waals surface area contributed by atoms with Crippen LogP contribution in [-0.2, 0) is 11.8 Å². The SMILES string of the molecule is CCCCO[C@@H]1c2c(C(=O)NC)cc3c(nc(C)n3C)c2N[C@H](c2ccccc2)[C@H]1O. The zero-order valence-electron chi connectivity index (χ0n) is 18.5. The number of fused-ring (bicyclic) bond motifs is 3. The molecule has 2 aromatic carbocycles. The fraction of sp³-hybridized carbons (Fsp3) is 0.417. The Morgan fingerprint density at radius 2 is 2.06 bits per heavy atom. The van der Waals surface area contributed by atoms with E-state index in [1.165, 1.54) is 0 Å². The Bertz CT molecular complexity index is 1090. The van der Waals surface area contributed by atoms with Crippen LogP contribution in [0.15, 0.2) is 36.4 Å². The molecule has 0 radical (unpaired) electrons. The molecular formula is C24H30N4O3. The molecule has 4 rings (SSSR count). The summed E-state index contributed by atoms with van der Waals surface area (Å²) in [5, 5.41) is 17.6. The minimum absolute atomic E-state index is 0.215. The van der Waals surface area contributed by atoms with Crippen molar-refractivity contribution in [3.05, 3.63) is 58.9 Å². The number of nitrogens with one attached hydrogen (secondary N) is 2. The Kier molecular flexibility index (Phi) is 5.98. The summed E-state index contributed by atoms with van der Waals surface area (Å²) in [5.74, 6) is 0.632. The minimum Gasteiger partial charge on any atom is -0.388 e. The van der Waals surface area contributed by atoms with E-state index in [0.717, 1.165) is 41.0 Å². The Labute approximate surface area is 182 Å². The van der Waals surface area contributed by atoms with Crippen LogP contribution < -0.4 is 10.6 Å². The van der Waals surface area contributed by atoms with Crippen molar-refractivity contribution in [1.29, 1.82) is 0 Å². The lowest BCUT2D eigenvalue weighted by molar-refractivity contribution is -0.0518. The van der Waals surface area contributed by atoms with Crippen molar-refractivity contribution < 1.29 is 14.6 Å².